The number of aromatic nitrogens is 1. The van der Waals surface area contributed by atoms with Crippen LogP contribution in [-0.2, 0) is 17.8 Å². The van der Waals surface area contributed by atoms with Gasteiger partial charge in [0.05, 0.1) is 15.6 Å². The molecule has 1 aliphatic heterocycles. The van der Waals surface area contributed by atoms with Gasteiger partial charge in [-0.1, -0.05) is 41.4 Å². The molecule has 5 nitrogen and oxygen atoms in total. The molecule has 0 atom stereocenters. The lowest BCUT2D eigenvalue weighted by Crippen LogP contribution is -2.35. The third-order valence-electron chi connectivity index (χ3n) is 4.86. The minimum Gasteiger partial charge on any atom is -0.503 e. The summed E-state index contributed by atoms with van der Waals surface area (Å²) in [5.41, 5.74) is 2.94. The van der Waals surface area contributed by atoms with Crippen LogP contribution >= 0.6 is 23.2 Å². The van der Waals surface area contributed by atoms with Gasteiger partial charge in [-0.25, -0.2) is 0 Å². The molecule has 1 amide bonds. The molecule has 28 heavy (non-hydrogen) atoms. The molecule has 0 saturated carbocycles. The summed E-state index contributed by atoms with van der Waals surface area (Å²) in [4.78, 5) is 18.6. The number of hydrogen-bond acceptors (Lipinski definition) is 4. The van der Waals surface area contributed by atoms with Crippen LogP contribution in [0.3, 0.4) is 0 Å². The summed E-state index contributed by atoms with van der Waals surface area (Å²) in [5.74, 6) is -1.06. The van der Waals surface area contributed by atoms with Crippen molar-refractivity contribution in [3.05, 3.63) is 69.3 Å². The fourth-order valence-electron chi connectivity index (χ4n) is 3.34. The van der Waals surface area contributed by atoms with Gasteiger partial charge in [-0.2, -0.15) is 0 Å². The zero-order valence-electron chi connectivity index (χ0n) is 14.7. The summed E-state index contributed by atoms with van der Waals surface area (Å²) in [6.07, 6.45) is 5.38. The maximum Gasteiger partial charge on any atom is 0.246 e. The number of benzene rings is 2. The van der Waals surface area contributed by atoms with E-state index in [1.54, 1.807) is 17.2 Å². The number of phenolic OH excluding ortho intramolecular Hbond substituents is 2. The van der Waals surface area contributed by atoms with Crippen LogP contribution in [0.15, 0.2) is 42.6 Å². The van der Waals surface area contributed by atoms with Gasteiger partial charge in [0.1, 0.15) is 0 Å². The van der Waals surface area contributed by atoms with E-state index in [1.807, 2.05) is 30.3 Å². The Morgan fingerprint density at radius 3 is 2.61 bits per heavy atom. The molecule has 7 heteroatoms. The molecule has 2 heterocycles. The van der Waals surface area contributed by atoms with Crippen molar-refractivity contribution in [1.29, 1.82) is 0 Å². The number of phenols is 2. The smallest absolute Gasteiger partial charge is 0.246 e. The summed E-state index contributed by atoms with van der Waals surface area (Å²) < 4.78 is 0. The number of carbonyl (C=O) groups is 1. The second-order valence-electron chi connectivity index (χ2n) is 6.59. The van der Waals surface area contributed by atoms with E-state index in [1.165, 1.54) is 6.08 Å². The first-order valence-corrected chi connectivity index (χ1v) is 9.43. The molecule has 0 fully saturated rings. The summed E-state index contributed by atoms with van der Waals surface area (Å²) >= 11 is 12.3. The predicted molar refractivity (Wildman–Crippen MR) is 110 cm³/mol. The van der Waals surface area contributed by atoms with E-state index >= 15 is 0 Å². The topological polar surface area (TPSA) is 73.7 Å². The Labute approximate surface area is 171 Å². The largest absolute Gasteiger partial charge is 0.503 e. The SMILES string of the molecule is O=C(C=Cc1cnc2ccccc2c1)N1CCc2c(Cl)c(O)c(O)c(Cl)c2C1. The number of nitrogens with zero attached hydrogens (tertiary/aromatic N) is 2. The first kappa shape index (κ1) is 18.6. The van der Waals surface area contributed by atoms with Crippen LogP contribution in [-0.4, -0.2) is 32.5 Å². The fraction of sp³-hybridized carbons (Fsp3) is 0.143. The lowest BCUT2D eigenvalue weighted by molar-refractivity contribution is -0.126. The second-order valence-corrected chi connectivity index (χ2v) is 7.34. The molecule has 0 spiro atoms. The van der Waals surface area contributed by atoms with Gasteiger partial charge < -0.3 is 15.1 Å². The number of carbonyl (C=O) groups excluding carboxylic acids is 1. The molecule has 0 unspecified atom stereocenters. The Morgan fingerprint density at radius 2 is 1.82 bits per heavy atom. The van der Waals surface area contributed by atoms with Gasteiger partial charge in [-0.05, 0) is 41.3 Å². The molecule has 3 aromatic rings. The first-order chi connectivity index (χ1) is 13.5. The number of rotatable bonds is 2. The Balaban J connectivity index is 1.55. The molecule has 0 saturated heterocycles. The Morgan fingerprint density at radius 1 is 1.11 bits per heavy atom. The number of amides is 1. The third kappa shape index (κ3) is 3.28. The van der Waals surface area contributed by atoms with Crippen molar-refractivity contribution < 1.29 is 15.0 Å². The van der Waals surface area contributed by atoms with Crippen molar-refractivity contribution in [3.8, 4) is 11.5 Å². The molecule has 1 aliphatic rings. The van der Waals surface area contributed by atoms with Crippen LogP contribution in [0.4, 0.5) is 0 Å². The highest BCUT2D eigenvalue weighted by Crippen LogP contribution is 2.46. The molecule has 4 rings (SSSR count). The zero-order chi connectivity index (χ0) is 19.8. The van der Waals surface area contributed by atoms with Gasteiger partial charge in [0, 0.05) is 30.7 Å². The van der Waals surface area contributed by atoms with Crippen molar-refractivity contribution in [1.82, 2.24) is 9.88 Å². The van der Waals surface area contributed by atoms with Crippen LogP contribution < -0.4 is 0 Å². The highest BCUT2D eigenvalue weighted by Gasteiger charge is 2.28. The monoisotopic (exact) mass is 414 g/mol. The molecular formula is C21H16Cl2N2O3. The summed E-state index contributed by atoms with van der Waals surface area (Å²) in [6.45, 7) is 0.646. The van der Waals surface area contributed by atoms with Crippen molar-refractivity contribution >= 4 is 46.1 Å². The van der Waals surface area contributed by atoms with Crippen molar-refractivity contribution in [2.45, 2.75) is 13.0 Å². The van der Waals surface area contributed by atoms with Crippen LogP contribution in [0.1, 0.15) is 16.7 Å². The highest BCUT2D eigenvalue weighted by molar-refractivity contribution is 6.36. The van der Waals surface area contributed by atoms with Gasteiger partial charge in [0.2, 0.25) is 5.91 Å². The summed E-state index contributed by atoms with van der Waals surface area (Å²) in [5, 5.41) is 20.9. The molecule has 1 aromatic heterocycles. The number of aromatic hydroxyl groups is 2. The van der Waals surface area contributed by atoms with E-state index in [0.717, 1.165) is 16.5 Å². The van der Waals surface area contributed by atoms with Crippen molar-refractivity contribution in [2.24, 2.45) is 0 Å². The van der Waals surface area contributed by atoms with Crippen LogP contribution in [0, 0.1) is 0 Å². The molecular weight excluding hydrogens is 399 g/mol. The quantitative estimate of drug-likeness (QED) is 0.476. The number of pyridine rings is 1. The minimum atomic E-state index is -0.461. The van der Waals surface area contributed by atoms with E-state index < -0.39 is 11.5 Å². The van der Waals surface area contributed by atoms with Gasteiger partial charge in [-0.3, -0.25) is 9.78 Å². The normalized spacial score (nSPS) is 13.9. The maximum absolute atomic E-state index is 12.6. The van der Waals surface area contributed by atoms with E-state index in [0.29, 0.717) is 24.1 Å². The standard InChI is InChI=1S/C21H16Cl2N2O3/c22-18-14-7-8-25(11-15(14)19(23)21(28)20(18)27)17(26)6-5-12-9-13-3-1-2-4-16(13)24-10-12/h1-6,9-10,27-28H,7-8,11H2. The Kier molecular flexibility index (Phi) is 4.87. The zero-order valence-corrected chi connectivity index (χ0v) is 16.2. The van der Waals surface area contributed by atoms with E-state index in [4.69, 9.17) is 23.2 Å². The Hall–Kier alpha value is -2.76. The van der Waals surface area contributed by atoms with Gasteiger partial charge >= 0.3 is 0 Å². The molecule has 142 valence electrons. The molecule has 0 bridgehead atoms. The van der Waals surface area contributed by atoms with Crippen LogP contribution in [0.2, 0.25) is 10.0 Å². The maximum atomic E-state index is 12.6. The van der Waals surface area contributed by atoms with E-state index in [-0.39, 0.29) is 22.5 Å². The summed E-state index contributed by atoms with van der Waals surface area (Å²) in [7, 11) is 0. The number of halogens is 2. The summed E-state index contributed by atoms with van der Waals surface area (Å²) in [6, 6.07) is 9.74. The third-order valence-corrected chi connectivity index (χ3v) is 5.67. The average Bonchev–Trinajstić information content (AvgIpc) is 2.74. The highest BCUT2D eigenvalue weighted by atomic mass is 35.5. The van der Waals surface area contributed by atoms with Crippen molar-refractivity contribution in [2.75, 3.05) is 6.54 Å². The van der Waals surface area contributed by atoms with Gasteiger partial charge in [0.25, 0.3) is 0 Å². The fourth-order valence-corrected chi connectivity index (χ4v) is 3.90. The van der Waals surface area contributed by atoms with E-state index in [9.17, 15) is 15.0 Å². The minimum absolute atomic E-state index is 0.0251. The molecule has 0 aliphatic carbocycles. The van der Waals surface area contributed by atoms with Gasteiger partial charge in [0.15, 0.2) is 11.5 Å². The number of fused-ring (bicyclic) bond motifs is 2. The Bertz CT molecular complexity index is 1130. The lowest BCUT2D eigenvalue weighted by Gasteiger charge is -2.30. The predicted octanol–water partition coefficient (Wildman–Crippen LogP) is 4.55. The van der Waals surface area contributed by atoms with Crippen LogP contribution in [0.5, 0.6) is 11.5 Å². The molecule has 2 N–H and O–H groups in total. The molecule has 2 aromatic carbocycles. The molecule has 0 radical (unpaired) electrons. The second kappa shape index (κ2) is 7.34. The average molecular weight is 415 g/mol. The number of para-hydroxylation sites is 1. The van der Waals surface area contributed by atoms with Crippen LogP contribution in [0.25, 0.3) is 17.0 Å². The van der Waals surface area contributed by atoms with Crippen molar-refractivity contribution in [3.63, 3.8) is 0 Å². The van der Waals surface area contributed by atoms with Gasteiger partial charge in [-0.15, -0.1) is 0 Å². The van der Waals surface area contributed by atoms with E-state index in [2.05, 4.69) is 4.98 Å². The number of hydrogen-bond donors (Lipinski definition) is 2. The first-order valence-electron chi connectivity index (χ1n) is 8.68. The lowest BCUT2D eigenvalue weighted by atomic mass is 9.98.